The minimum absolute atomic E-state index is 0.0598. The number of benzene rings is 4. The van der Waals surface area contributed by atoms with Crippen molar-refractivity contribution in [1.82, 2.24) is 20.5 Å². The molecule has 0 aliphatic carbocycles. The summed E-state index contributed by atoms with van der Waals surface area (Å²) in [7, 11) is 0. The summed E-state index contributed by atoms with van der Waals surface area (Å²) in [5.41, 5.74) is 7.97. The molecule has 3 heterocycles. The van der Waals surface area contributed by atoms with Crippen LogP contribution in [0.25, 0.3) is 11.1 Å². The number of pyridine rings is 1. The molecule has 3 atom stereocenters. The van der Waals surface area contributed by atoms with Crippen LogP contribution in [0.4, 0.5) is 4.79 Å². The molecule has 58 heavy (non-hydrogen) atoms. The van der Waals surface area contributed by atoms with E-state index in [9.17, 15) is 19.5 Å². The Morgan fingerprint density at radius 2 is 1.64 bits per heavy atom. The number of carbonyl (C=O) groups excluding carboxylic acids is 2. The quantitative estimate of drug-likeness (QED) is 0.121. The number of ether oxygens (including phenoxy) is 3. The van der Waals surface area contributed by atoms with Crippen molar-refractivity contribution < 1.29 is 33.7 Å². The maximum Gasteiger partial charge on any atom is 0.326 e. The van der Waals surface area contributed by atoms with Crippen molar-refractivity contribution in [2.75, 3.05) is 6.61 Å². The number of urea groups is 1. The summed E-state index contributed by atoms with van der Waals surface area (Å²) in [6, 6.07) is 23.3. The van der Waals surface area contributed by atoms with E-state index < -0.39 is 36.1 Å². The highest BCUT2D eigenvalue weighted by Gasteiger charge is 2.38. The molecule has 3 N–H and O–H groups in total. The summed E-state index contributed by atoms with van der Waals surface area (Å²) >= 11 is 12.6. The molecule has 2 aliphatic heterocycles. The van der Waals surface area contributed by atoms with Crippen LogP contribution in [-0.4, -0.2) is 57.6 Å². The molecule has 1 aromatic heterocycles. The summed E-state index contributed by atoms with van der Waals surface area (Å²) in [5, 5.41) is 16.9. The molecule has 2 aliphatic rings. The van der Waals surface area contributed by atoms with Gasteiger partial charge in [-0.3, -0.25) is 9.78 Å². The maximum atomic E-state index is 14.0. The second kappa shape index (κ2) is 17.4. The van der Waals surface area contributed by atoms with E-state index in [-0.39, 0.29) is 38.6 Å². The van der Waals surface area contributed by atoms with Crippen LogP contribution in [0, 0.1) is 13.8 Å². The SMILES string of the molecule is Cc1nccc(-c2ccc(C[C@H](NC(=O)[C@@H]3Cc4cc5c(cc4CN3C(=O)NC(C)C)O[C@@H](c3ccc(OCc4c(Cl)cccc4Cl)cc3)CO5)C(=O)O)cc2)c1C. The zero-order valence-corrected chi connectivity index (χ0v) is 34.1. The molecule has 0 spiro atoms. The molecule has 4 aromatic carbocycles. The largest absolute Gasteiger partial charge is 0.489 e. The Morgan fingerprint density at radius 1 is 0.931 bits per heavy atom. The number of rotatable bonds is 11. The van der Waals surface area contributed by atoms with E-state index in [1.165, 1.54) is 4.90 Å². The molecule has 13 heteroatoms. The van der Waals surface area contributed by atoms with Gasteiger partial charge in [-0.05, 0) is 109 Å². The van der Waals surface area contributed by atoms with Crippen LogP contribution in [0.1, 0.15) is 59.0 Å². The zero-order valence-electron chi connectivity index (χ0n) is 32.6. The minimum Gasteiger partial charge on any atom is -0.489 e. The zero-order chi connectivity index (χ0) is 41.1. The Balaban J connectivity index is 1.04. The fourth-order valence-corrected chi connectivity index (χ4v) is 7.68. The summed E-state index contributed by atoms with van der Waals surface area (Å²) in [4.78, 5) is 45.9. The Kier molecular flexibility index (Phi) is 12.1. The number of nitrogens with zero attached hydrogens (tertiary/aromatic N) is 2. The van der Waals surface area contributed by atoms with E-state index in [1.54, 1.807) is 24.4 Å². The van der Waals surface area contributed by atoms with Crippen molar-refractivity contribution in [1.29, 1.82) is 0 Å². The molecule has 0 fully saturated rings. The van der Waals surface area contributed by atoms with Gasteiger partial charge in [0.25, 0.3) is 0 Å². The van der Waals surface area contributed by atoms with Crippen molar-refractivity contribution in [2.24, 2.45) is 0 Å². The number of aromatic nitrogens is 1. The molecular formula is C45H44Cl2N4O7. The predicted octanol–water partition coefficient (Wildman–Crippen LogP) is 8.42. The predicted molar refractivity (Wildman–Crippen MR) is 222 cm³/mol. The first-order valence-electron chi connectivity index (χ1n) is 19.1. The molecule has 7 rings (SSSR count). The van der Waals surface area contributed by atoms with Gasteiger partial charge in [-0.15, -0.1) is 0 Å². The average molecular weight is 824 g/mol. The second-order valence-electron chi connectivity index (χ2n) is 14.9. The standard InChI is InChI=1S/C45H44Cl2N4O7/c1-25(2)49-45(55)51-22-32-21-41-40(57-24-42(58-41)30-12-14-33(15-13-30)56-23-35-36(46)6-5-7-37(35)47)20-31(32)19-39(51)43(52)50-38(44(53)54)18-28-8-10-29(11-9-28)34-16-17-48-27(4)26(34)3/h5-17,20-21,25,38-39,42H,18-19,22-24H2,1-4H3,(H,49,55)(H,50,52)(H,53,54)/t38-,39-,42+/m0/s1. The summed E-state index contributed by atoms with van der Waals surface area (Å²) in [6.45, 7) is 8.21. The first-order chi connectivity index (χ1) is 27.8. The van der Waals surface area contributed by atoms with Crippen LogP contribution in [-0.2, 0) is 35.6 Å². The van der Waals surface area contributed by atoms with Gasteiger partial charge in [0.2, 0.25) is 5.91 Å². The fraction of sp³-hybridized carbons (Fsp3) is 0.289. The molecule has 5 aromatic rings. The van der Waals surface area contributed by atoms with Crippen LogP contribution in [0.3, 0.4) is 0 Å². The number of nitrogens with one attached hydrogen (secondary N) is 2. The van der Waals surface area contributed by atoms with Crippen LogP contribution in [0.15, 0.2) is 91.1 Å². The number of hydrogen-bond donors (Lipinski definition) is 3. The van der Waals surface area contributed by atoms with Gasteiger partial charge < -0.3 is 34.9 Å². The lowest BCUT2D eigenvalue weighted by atomic mass is 9.92. The van der Waals surface area contributed by atoms with Crippen molar-refractivity contribution in [3.05, 3.63) is 140 Å². The van der Waals surface area contributed by atoms with Crippen LogP contribution in [0.2, 0.25) is 10.0 Å². The highest BCUT2D eigenvalue weighted by atomic mass is 35.5. The average Bonchev–Trinajstić information content (AvgIpc) is 3.20. The Morgan fingerprint density at radius 3 is 2.33 bits per heavy atom. The second-order valence-corrected chi connectivity index (χ2v) is 15.7. The summed E-state index contributed by atoms with van der Waals surface area (Å²) in [6.07, 6.45) is 1.57. The van der Waals surface area contributed by atoms with Gasteiger partial charge in [0.15, 0.2) is 17.6 Å². The minimum atomic E-state index is -1.22. The van der Waals surface area contributed by atoms with E-state index >= 15 is 0 Å². The topological polar surface area (TPSA) is 139 Å². The molecule has 0 bridgehead atoms. The number of carboxylic acids is 1. The summed E-state index contributed by atoms with van der Waals surface area (Å²) in [5.74, 6) is -0.0592. The Hall–Kier alpha value is -5.78. The van der Waals surface area contributed by atoms with Crippen molar-refractivity contribution in [2.45, 2.75) is 77.9 Å². The first kappa shape index (κ1) is 40.4. The molecule has 300 valence electrons. The number of fused-ring (bicyclic) bond motifs is 2. The van der Waals surface area contributed by atoms with E-state index in [4.69, 9.17) is 37.4 Å². The number of hydrogen-bond acceptors (Lipinski definition) is 7. The van der Waals surface area contributed by atoms with Gasteiger partial charge in [-0.2, -0.15) is 0 Å². The number of carbonyl (C=O) groups is 3. The van der Waals surface area contributed by atoms with Crippen molar-refractivity contribution in [3.63, 3.8) is 0 Å². The van der Waals surface area contributed by atoms with Gasteiger partial charge in [0, 0.05) is 52.9 Å². The number of aryl methyl sites for hydroxylation is 1. The number of aliphatic carboxylic acids is 1. The molecular weight excluding hydrogens is 779 g/mol. The van der Waals surface area contributed by atoms with Crippen LogP contribution >= 0.6 is 23.2 Å². The molecule has 0 saturated carbocycles. The number of amides is 3. The van der Waals surface area contributed by atoms with E-state index in [0.717, 1.165) is 44.6 Å². The first-order valence-corrected chi connectivity index (χ1v) is 19.8. The Labute approximate surface area is 347 Å². The third kappa shape index (κ3) is 9.01. The van der Waals surface area contributed by atoms with Crippen LogP contribution in [0.5, 0.6) is 17.2 Å². The van der Waals surface area contributed by atoms with E-state index in [0.29, 0.717) is 32.9 Å². The normalized spacial score (nSPS) is 16.3. The lowest BCUT2D eigenvalue weighted by Gasteiger charge is -2.38. The number of halogens is 2. The van der Waals surface area contributed by atoms with Gasteiger partial charge >= 0.3 is 12.0 Å². The van der Waals surface area contributed by atoms with E-state index in [2.05, 4.69) is 15.6 Å². The van der Waals surface area contributed by atoms with Gasteiger partial charge in [0.1, 0.15) is 31.0 Å². The lowest BCUT2D eigenvalue weighted by Crippen LogP contribution is -2.58. The van der Waals surface area contributed by atoms with Gasteiger partial charge in [-0.25, -0.2) is 9.59 Å². The van der Waals surface area contributed by atoms with Crippen LogP contribution < -0.4 is 24.8 Å². The highest BCUT2D eigenvalue weighted by Crippen LogP contribution is 2.41. The monoisotopic (exact) mass is 822 g/mol. The van der Waals surface area contributed by atoms with Gasteiger partial charge in [-0.1, -0.05) is 65.7 Å². The molecule has 3 amide bonds. The van der Waals surface area contributed by atoms with Gasteiger partial charge in [0.05, 0.1) is 0 Å². The fourth-order valence-electron chi connectivity index (χ4n) is 7.17. The molecule has 0 unspecified atom stereocenters. The van der Waals surface area contributed by atoms with Crippen molar-refractivity contribution in [3.8, 4) is 28.4 Å². The molecule has 0 radical (unpaired) electrons. The third-order valence-corrected chi connectivity index (χ3v) is 11.2. The Bertz CT molecular complexity index is 2320. The van der Waals surface area contributed by atoms with E-state index in [1.807, 2.05) is 94.4 Å². The highest BCUT2D eigenvalue weighted by molar-refractivity contribution is 6.35. The molecule has 11 nitrogen and oxygen atoms in total. The lowest BCUT2D eigenvalue weighted by molar-refractivity contribution is -0.142. The van der Waals surface area contributed by atoms with Crippen molar-refractivity contribution >= 4 is 41.1 Å². The summed E-state index contributed by atoms with van der Waals surface area (Å²) < 4.78 is 18.6. The maximum absolute atomic E-state index is 14.0. The molecule has 0 saturated heterocycles. The third-order valence-electron chi connectivity index (χ3n) is 10.5. The smallest absolute Gasteiger partial charge is 0.326 e. The number of carboxylic acid groups (broad SMARTS) is 1.